The number of alkyl halides is 4. The van der Waals surface area contributed by atoms with E-state index in [-0.39, 0.29) is 0 Å². The smallest absolute Gasteiger partial charge is 0.419 e. The molecule has 0 aliphatic heterocycles. The molecule has 0 aromatic carbocycles. The summed E-state index contributed by atoms with van der Waals surface area (Å²) in [4.78, 5) is 10.5. The number of carbonyl (C=O) groups is 1. The third-order valence-corrected chi connectivity index (χ3v) is 2.80. The van der Waals surface area contributed by atoms with Crippen LogP contribution in [0.4, 0.5) is 17.6 Å². The van der Waals surface area contributed by atoms with Crippen molar-refractivity contribution in [2.45, 2.75) is 26.2 Å². The van der Waals surface area contributed by atoms with Crippen molar-refractivity contribution in [3.05, 3.63) is 0 Å². The van der Waals surface area contributed by atoms with Crippen molar-refractivity contribution >= 4 is 5.97 Å². The van der Waals surface area contributed by atoms with E-state index in [0.29, 0.717) is 0 Å². The zero-order valence-corrected chi connectivity index (χ0v) is 7.60. The molecule has 0 aromatic heterocycles. The number of carboxylic acid groups (broad SMARTS) is 1. The van der Waals surface area contributed by atoms with Crippen LogP contribution >= 0.6 is 0 Å². The first kappa shape index (κ1) is 11.3. The van der Waals surface area contributed by atoms with Crippen LogP contribution < -0.4 is 0 Å². The fourth-order valence-corrected chi connectivity index (χ4v) is 1.90. The fraction of sp³-hybridized carbons (Fsp3) is 0.875. The normalized spacial score (nSPS) is 32.4. The standard InChI is InChI=1S/C8H10F4O2/c1-7(2)3(4(7)6(13)14)5(9)8(10,11)12/h3-5H,1-2H3,(H,13,14)/t3-,4-,5?/m1/s1. The second-order valence-electron chi connectivity index (χ2n) is 4.11. The van der Waals surface area contributed by atoms with Crippen molar-refractivity contribution in [3.8, 4) is 0 Å². The first-order valence-corrected chi connectivity index (χ1v) is 4.03. The van der Waals surface area contributed by atoms with E-state index in [9.17, 15) is 22.4 Å². The van der Waals surface area contributed by atoms with E-state index in [1.807, 2.05) is 0 Å². The van der Waals surface area contributed by atoms with Crippen molar-refractivity contribution < 1.29 is 27.5 Å². The molecule has 0 amide bonds. The third-order valence-electron chi connectivity index (χ3n) is 2.80. The second kappa shape index (κ2) is 2.84. The Morgan fingerprint density at radius 1 is 1.43 bits per heavy atom. The van der Waals surface area contributed by atoms with E-state index in [2.05, 4.69) is 0 Å². The van der Waals surface area contributed by atoms with Gasteiger partial charge in [-0.15, -0.1) is 0 Å². The van der Waals surface area contributed by atoms with Crippen molar-refractivity contribution in [1.82, 2.24) is 0 Å². The van der Waals surface area contributed by atoms with Gasteiger partial charge in [0.1, 0.15) is 0 Å². The molecular weight excluding hydrogens is 204 g/mol. The molecule has 0 radical (unpaired) electrons. The van der Waals surface area contributed by atoms with E-state index in [0.717, 1.165) is 0 Å². The van der Waals surface area contributed by atoms with Gasteiger partial charge >= 0.3 is 12.1 Å². The van der Waals surface area contributed by atoms with Crippen LogP contribution in [0.25, 0.3) is 0 Å². The van der Waals surface area contributed by atoms with Crippen molar-refractivity contribution in [1.29, 1.82) is 0 Å². The number of hydrogen-bond acceptors (Lipinski definition) is 1. The molecule has 82 valence electrons. The first-order chi connectivity index (χ1) is 6.10. The number of halogens is 4. The maximum atomic E-state index is 12.8. The van der Waals surface area contributed by atoms with Crippen LogP contribution in [0.3, 0.4) is 0 Å². The minimum atomic E-state index is -4.97. The molecule has 2 nitrogen and oxygen atoms in total. The molecule has 1 unspecified atom stereocenters. The highest BCUT2D eigenvalue weighted by molar-refractivity contribution is 5.75. The van der Waals surface area contributed by atoms with Crippen LogP contribution in [0.2, 0.25) is 0 Å². The summed E-state index contributed by atoms with van der Waals surface area (Å²) in [5.41, 5.74) is -1.11. The summed E-state index contributed by atoms with van der Waals surface area (Å²) in [6.45, 7) is 2.66. The molecule has 1 aliphatic carbocycles. The second-order valence-corrected chi connectivity index (χ2v) is 4.11. The summed E-state index contributed by atoms with van der Waals surface area (Å²) in [7, 11) is 0. The highest BCUT2D eigenvalue weighted by atomic mass is 19.4. The van der Waals surface area contributed by atoms with Crippen molar-refractivity contribution in [3.63, 3.8) is 0 Å². The van der Waals surface area contributed by atoms with Gasteiger partial charge in [-0.3, -0.25) is 4.79 Å². The van der Waals surface area contributed by atoms with Crippen LogP contribution in [0.5, 0.6) is 0 Å². The van der Waals surface area contributed by atoms with E-state index in [4.69, 9.17) is 5.11 Å². The SMILES string of the molecule is CC1(C)[C@@H](C(=O)O)[C@@H]1C(F)C(F)(F)F. The molecule has 1 aliphatic rings. The average molecular weight is 214 g/mol. The highest BCUT2D eigenvalue weighted by Gasteiger charge is 2.70. The molecular formula is C8H10F4O2. The lowest BCUT2D eigenvalue weighted by atomic mass is 10.1. The Bertz CT molecular complexity index is 259. The average Bonchev–Trinajstić information content (AvgIpc) is 2.49. The van der Waals surface area contributed by atoms with E-state index >= 15 is 0 Å². The Hall–Kier alpha value is -0.810. The number of carboxylic acids is 1. The number of rotatable bonds is 2. The lowest BCUT2D eigenvalue weighted by molar-refractivity contribution is -0.189. The molecule has 1 fully saturated rings. The summed E-state index contributed by atoms with van der Waals surface area (Å²) in [5.74, 6) is -4.06. The summed E-state index contributed by atoms with van der Waals surface area (Å²) >= 11 is 0. The van der Waals surface area contributed by atoms with Crippen LogP contribution in [-0.2, 0) is 4.79 Å². The largest absolute Gasteiger partial charge is 0.481 e. The van der Waals surface area contributed by atoms with Gasteiger partial charge in [0, 0.05) is 5.92 Å². The minimum Gasteiger partial charge on any atom is -0.481 e. The van der Waals surface area contributed by atoms with Gasteiger partial charge in [0.15, 0.2) is 6.17 Å². The minimum absolute atomic E-state index is 1.11. The highest BCUT2D eigenvalue weighted by Crippen LogP contribution is 2.62. The predicted octanol–water partition coefficient (Wildman–Crippen LogP) is 2.24. The maximum Gasteiger partial charge on any atom is 0.419 e. The maximum absolute atomic E-state index is 12.8. The van der Waals surface area contributed by atoms with Gasteiger partial charge in [-0.25, -0.2) is 4.39 Å². The quantitative estimate of drug-likeness (QED) is 0.716. The molecule has 1 N–H and O–H groups in total. The van der Waals surface area contributed by atoms with Crippen LogP contribution in [0.15, 0.2) is 0 Å². The number of hydrogen-bond donors (Lipinski definition) is 1. The lowest BCUT2D eigenvalue weighted by Gasteiger charge is -2.12. The zero-order chi connectivity index (χ0) is 11.3. The number of aliphatic carboxylic acids is 1. The van der Waals surface area contributed by atoms with Crippen LogP contribution in [0, 0.1) is 17.3 Å². The zero-order valence-electron chi connectivity index (χ0n) is 7.60. The Labute approximate surface area is 77.9 Å². The van der Waals surface area contributed by atoms with Crippen LogP contribution in [-0.4, -0.2) is 23.4 Å². The van der Waals surface area contributed by atoms with Crippen molar-refractivity contribution in [2.75, 3.05) is 0 Å². The van der Waals surface area contributed by atoms with E-state index < -0.39 is 35.6 Å². The molecule has 0 spiro atoms. The molecule has 1 rings (SSSR count). The van der Waals surface area contributed by atoms with Gasteiger partial charge in [0.2, 0.25) is 0 Å². The van der Waals surface area contributed by atoms with Gasteiger partial charge < -0.3 is 5.11 Å². The first-order valence-electron chi connectivity index (χ1n) is 4.03. The molecule has 3 atom stereocenters. The summed E-state index contributed by atoms with van der Waals surface area (Å²) in [6, 6.07) is 0. The Balaban J connectivity index is 2.79. The van der Waals surface area contributed by atoms with Gasteiger partial charge in [-0.1, -0.05) is 13.8 Å². The monoisotopic (exact) mass is 214 g/mol. The van der Waals surface area contributed by atoms with Crippen molar-refractivity contribution in [2.24, 2.45) is 17.3 Å². The molecule has 0 bridgehead atoms. The van der Waals surface area contributed by atoms with E-state index in [1.54, 1.807) is 0 Å². The molecule has 6 heteroatoms. The van der Waals surface area contributed by atoms with Crippen LogP contribution in [0.1, 0.15) is 13.8 Å². The lowest BCUT2D eigenvalue weighted by Crippen LogP contribution is -2.28. The Kier molecular flexibility index (Phi) is 2.28. The Morgan fingerprint density at radius 3 is 2.07 bits per heavy atom. The van der Waals surface area contributed by atoms with Gasteiger partial charge in [0.05, 0.1) is 5.92 Å². The predicted molar refractivity (Wildman–Crippen MR) is 39.3 cm³/mol. The topological polar surface area (TPSA) is 37.3 Å². The molecule has 14 heavy (non-hydrogen) atoms. The molecule has 1 saturated carbocycles. The Morgan fingerprint density at radius 2 is 1.86 bits per heavy atom. The summed E-state index contributed by atoms with van der Waals surface area (Å²) in [5, 5.41) is 8.54. The molecule has 0 saturated heterocycles. The van der Waals surface area contributed by atoms with Gasteiger partial charge in [0.25, 0.3) is 0 Å². The molecule has 0 aromatic rings. The summed E-state index contributed by atoms with van der Waals surface area (Å²) in [6.07, 6.45) is -8.01. The van der Waals surface area contributed by atoms with Gasteiger partial charge in [-0.05, 0) is 5.41 Å². The fourth-order valence-electron chi connectivity index (χ4n) is 1.90. The summed E-state index contributed by atoms with van der Waals surface area (Å²) < 4.78 is 48.7. The third kappa shape index (κ3) is 1.57. The molecule has 0 heterocycles. The van der Waals surface area contributed by atoms with Gasteiger partial charge in [-0.2, -0.15) is 13.2 Å². The van der Waals surface area contributed by atoms with E-state index in [1.165, 1.54) is 13.8 Å².